The molecule has 0 nitrogen and oxygen atoms in total. The van der Waals surface area contributed by atoms with E-state index in [2.05, 4.69) is 61.5 Å². The van der Waals surface area contributed by atoms with Crippen LogP contribution in [0.5, 0.6) is 0 Å². The minimum Gasteiger partial charge on any atom is -0.0839 e. The lowest BCUT2D eigenvalue weighted by Gasteiger charge is -2.01. The Kier molecular flexibility index (Phi) is 3.18. The topological polar surface area (TPSA) is 0 Å². The monoisotopic (exact) mass is 196 g/mol. The van der Waals surface area contributed by atoms with Crippen LogP contribution >= 0.6 is 0 Å². The summed E-state index contributed by atoms with van der Waals surface area (Å²) in [6.45, 7) is 2.20. The number of unbranched alkanes of at least 4 members (excludes halogenated alkanes) is 1. The van der Waals surface area contributed by atoms with Gasteiger partial charge in [0.1, 0.15) is 0 Å². The van der Waals surface area contributed by atoms with Crippen LogP contribution < -0.4 is 0 Å². The molecule has 0 atom stereocenters. The molecular formula is C15H16. The smallest absolute Gasteiger partial charge is 0.0112 e. The largest absolute Gasteiger partial charge is 0.0839 e. The van der Waals surface area contributed by atoms with E-state index in [1.165, 1.54) is 22.8 Å². The minimum atomic E-state index is 1.16. The molecule has 0 N–H and O–H groups in total. The van der Waals surface area contributed by atoms with Crippen molar-refractivity contribution in [2.75, 3.05) is 0 Å². The average Bonchev–Trinajstić information content (AvgIpc) is 2.30. The number of allylic oxidation sites excluding steroid dienone is 1. The van der Waals surface area contributed by atoms with Gasteiger partial charge < -0.3 is 0 Å². The normalized spacial score (nSPS) is 11.3. The van der Waals surface area contributed by atoms with Gasteiger partial charge in [-0.1, -0.05) is 68.0 Å². The molecule has 2 aromatic rings. The quantitative estimate of drug-likeness (QED) is 0.670. The molecule has 15 heavy (non-hydrogen) atoms. The van der Waals surface area contributed by atoms with Gasteiger partial charge in [-0.05, 0) is 22.8 Å². The fourth-order valence-corrected chi connectivity index (χ4v) is 1.77. The zero-order chi connectivity index (χ0) is 10.5. The number of hydrogen-bond donors (Lipinski definition) is 0. The van der Waals surface area contributed by atoms with Crippen LogP contribution in [-0.2, 0) is 0 Å². The van der Waals surface area contributed by atoms with Crippen LogP contribution in [0.15, 0.2) is 48.5 Å². The summed E-state index contributed by atoms with van der Waals surface area (Å²) < 4.78 is 0. The lowest BCUT2D eigenvalue weighted by molar-refractivity contribution is 0.962. The molecule has 0 saturated heterocycles. The molecule has 0 aliphatic heterocycles. The van der Waals surface area contributed by atoms with Crippen molar-refractivity contribution in [1.29, 1.82) is 0 Å². The lowest BCUT2D eigenvalue weighted by atomic mass is 10.0. The Balaban J connectivity index is 2.42. The molecule has 0 saturated carbocycles. The van der Waals surface area contributed by atoms with Gasteiger partial charge in [-0.2, -0.15) is 0 Å². The van der Waals surface area contributed by atoms with E-state index >= 15 is 0 Å². The lowest BCUT2D eigenvalue weighted by Crippen LogP contribution is -1.77. The molecular weight excluding hydrogens is 180 g/mol. The first-order valence-electron chi connectivity index (χ1n) is 5.56. The first-order chi connectivity index (χ1) is 7.42. The summed E-state index contributed by atoms with van der Waals surface area (Å²) in [5.41, 5.74) is 1.32. The molecule has 0 heteroatoms. The van der Waals surface area contributed by atoms with Crippen molar-refractivity contribution in [2.24, 2.45) is 0 Å². The van der Waals surface area contributed by atoms with E-state index in [9.17, 15) is 0 Å². The van der Waals surface area contributed by atoms with E-state index in [1.54, 1.807) is 0 Å². The van der Waals surface area contributed by atoms with Gasteiger partial charge in [-0.25, -0.2) is 0 Å². The molecule has 0 aromatic heterocycles. The van der Waals surface area contributed by atoms with Crippen molar-refractivity contribution < 1.29 is 0 Å². The number of benzene rings is 2. The van der Waals surface area contributed by atoms with Crippen LogP contribution in [0.2, 0.25) is 0 Å². The third kappa shape index (κ3) is 2.27. The molecule has 0 fully saturated rings. The van der Waals surface area contributed by atoms with Crippen molar-refractivity contribution in [3.8, 4) is 0 Å². The van der Waals surface area contributed by atoms with Gasteiger partial charge in [0.2, 0.25) is 0 Å². The molecule has 0 heterocycles. The van der Waals surface area contributed by atoms with Gasteiger partial charge in [0, 0.05) is 0 Å². The maximum absolute atomic E-state index is 2.25. The van der Waals surface area contributed by atoms with Crippen molar-refractivity contribution in [1.82, 2.24) is 0 Å². The molecule has 76 valence electrons. The number of hydrogen-bond acceptors (Lipinski definition) is 0. The molecule has 0 spiro atoms. The fraction of sp³-hybridized carbons (Fsp3) is 0.200. The molecule has 2 aromatic carbocycles. The molecule has 0 aliphatic rings. The van der Waals surface area contributed by atoms with E-state index in [0.29, 0.717) is 0 Å². The predicted octanol–water partition coefficient (Wildman–Crippen LogP) is 4.65. The molecule has 2 rings (SSSR count). The highest BCUT2D eigenvalue weighted by Gasteiger charge is 1.95. The Morgan fingerprint density at radius 1 is 1.00 bits per heavy atom. The third-order valence-electron chi connectivity index (χ3n) is 2.58. The first kappa shape index (κ1) is 9.97. The summed E-state index contributed by atoms with van der Waals surface area (Å²) >= 11 is 0. The summed E-state index contributed by atoms with van der Waals surface area (Å²) in [6, 6.07) is 15.0. The van der Waals surface area contributed by atoms with Gasteiger partial charge in [0.05, 0.1) is 0 Å². The average molecular weight is 196 g/mol. The van der Waals surface area contributed by atoms with Crippen LogP contribution in [0, 0.1) is 0 Å². The highest BCUT2D eigenvalue weighted by molar-refractivity contribution is 5.90. The molecule has 0 unspecified atom stereocenters. The van der Waals surface area contributed by atoms with Crippen LogP contribution in [0.4, 0.5) is 0 Å². The Bertz CT molecular complexity index is 461. The summed E-state index contributed by atoms with van der Waals surface area (Å²) in [4.78, 5) is 0. The first-order valence-corrected chi connectivity index (χ1v) is 5.56. The second kappa shape index (κ2) is 4.79. The summed E-state index contributed by atoms with van der Waals surface area (Å²) in [5, 5.41) is 2.66. The fourth-order valence-electron chi connectivity index (χ4n) is 1.77. The standard InChI is InChI=1S/C15H16/c1-2-3-4-8-13-10-7-11-14-9-5-6-12-15(13)14/h4-12H,2-3H2,1H3. The number of rotatable bonds is 3. The van der Waals surface area contributed by atoms with Gasteiger partial charge in [-0.3, -0.25) is 0 Å². The minimum absolute atomic E-state index is 1.16. The summed E-state index contributed by atoms with van der Waals surface area (Å²) in [6.07, 6.45) is 6.85. The number of fused-ring (bicyclic) bond motifs is 1. The molecule has 0 aliphatic carbocycles. The zero-order valence-corrected chi connectivity index (χ0v) is 9.11. The van der Waals surface area contributed by atoms with Gasteiger partial charge in [0.25, 0.3) is 0 Å². The Morgan fingerprint density at radius 2 is 1.80 bits per heavy atom. The van der Waals surface area contributed by atoms with E-state index < -0.39 is 0 Å². The third-order valence-corrected chi connectivity index (χ3v) is 2.58. The van der Waals surface area contributed by atoms with Crippen molar-refractivity contribution in [2.45, 2.75) is 19.8 Å². The van der Waals surface area contributed by atoms with Crippen LogP contribution in [0.3, 0.4) is 0 Å². The summed E-state index contributed by atoms with van der Waals surface area (Å²) in [7, 11) is 0. The molecule has 0 radical (unpaired) electrons. The Hall–Kier alpha value is -1.56. The zero-order valence-electron chi connectivity index (χ0n) is 9.11. The van der Waals surface area contributed by atoms with Gasteiger partial charge in [0.15, 0.2) is 0 Å². The second-order valence-corrected chi connectivity index (χ2v) is 3.76. The highest BCUT2D eigenvalue weighted by Crippen LogP contribution is 2.19. The van der Waals surface area contributed by atoms with Crippen LogP contribution in [0.1, 0.15) is 25.3 Å². The molecule has 0 bridgehead atoms. The molecule has 0 amide bonds. The summed E-state index contributed by atoms with van der Waals surface area (Å²) in [5.74, 6) is 0. The van der Waals surface area contributed by atoms with Gasteiger partial charge in [-0.15, -0.1) is 0 Å². The maximum atomic E-state index is 2.25. The Morgan fingerprint density at radius 3 is 2.67 bits per heavy atom. The van der Waals surface area contributed by atoms with Crippen LogP contribution in [0.25, 0.3) is 16.8 Å². The Labute approximate surface area is 91.2 Å². The van der Waals surface area contributed by atoms with Crippen molar-refractivity contribution >= 4 is 16.8 Å². The van der Waals surface area contributed by atoms with Gasteiger partial charge >= 0.3 is 0 Å². The SMILES string of the molecule is CCCC=Cc1cccc2ccccc12. The van der Waals surface area contributed by atoms with Crippen molar-refractivity contribution in [3.05, 3.63) is 54.1 Å². The predicted molar refractivity (Wildman–Crippen MR) is 67.9 cm³/mol. The second-order valence-electron chi connectivity index (χ2n) is 3.76. The maximum Gasteiger partial charge on any atom is -0.0112 e. The van der Waals surface area contributed by atoms with E-state index in [-0.39, 0.29) is 0 Å². The van der Waals surface area contributed by atoms with E-state index in [1.807, 2.05) is 0 Å². The van der Waals surface area contributed by atoms with E-state index in [0.717, 1.165) is 6.42 Å². The van der Waals surface area contributed by atoms with Crippen molar-refractivity contribution in [3.63, 3.8) is 0 Å². The highest BCUT2D eigenvalue weighted by atomic mass is 14.0. The van der Waals surface area contributed by atoms with E-state index in [4.69, 9.17) is 0 Å². The van der Waals surface area contributed by atoms with Crippen LogP contribution in [-0.4, -0.2) is 0 Å².